The number of aliphatic hydroxyl groups excluding tert-OH is 1. The van der Waals surface area contributed by atoms with Crippen molar-refractivity contribution < 1.29 is 19.3 Å². The molecule has 1 spiro atoms. The summed E-state index contributed by atoms with van der Waals surface area (Å²) < 4.78 is 16.9. The van der Waals surface area contributed by atoms with Crippen LogP contribution < -0.4 is 0 Å². The summed E-state index contributed by atoms with van der Waals surface area (Å²) in [4.78, 5) is 0. The number of hydrogen-bond donors (Lipinski definition) is 1. The summed E-state index contributed by atoms with van der Waals surface area (Å²) in [6, 6.07) is 0. The molecule has 1 heterocycles. The lowest BCUT2D eigenvalue weighted by Gasteiger charge is -2.22. The van der Waals surface area contributed by atoms with Crippen LogP contribution in [0.1, 0.15) is 25.7 Å². The van der Waals surface area contributed by atoms with Crippen molar-refractivity contribution in [2.45, 2.75) is 31.5 Å². The molecule has 0 radical (unpaired) electrons. The van der Waals surface area contributed by atoms with Crippen LogP contribution in [0, 0.1) is 11.8 Å². The average Bonchev–Trinajstić information content (AvgIpc) is 3.01. The molecule has 0 bridgehead atoms. The number of ether oxygens (including phenoxy) is 3. The molecule has 2 fully saturated rings. The SMILES string of the molecule is OCCOCCC1=C[C@@H]2CC3(C[C@@H]2C1)OCCO3. The van der Waals surface area contributed by atoms with Crippen LogP contribution in [-0.4, -0.2) is 43.9 Å². The van der Waals surface area contributed by atoms with Crippen LogP contribution in [0.5, 0.6) is 0 Å². The van der Waals surface area contributed by atoms with E-state index in [9.17, 15) is 0 Å². The highest BCUT2D eigenvalue weighted by Gasteiger charge is 2.50. The monoisotopic (exact) mass is 254 g/mol. The highest BCUT2D eigenvalue weighted by atomic mass is 16.7. The topological polar surface area (TPSA) is 47.9 Å². The van der Waals surface area contributed by atoms with Gasteiger partial charge in [0.15, 0.2) is 5.79 Å². The van der Waals surface area contributed by atoms with Crippen molar-refractivity contribution in [2.24, 2.45) is 11.8 Å². The molecule has 0 unspecified atom stereocenters. The number of aliphatic hydroxyl groups is 1. The molecule has 1 aliphatic heterocycles. The fourth-order valence-electron chi connectivity index (χ4n) is 3.57. The second-order valence-corrected chi connectivity index (χ2v) is 5.55. The molecule has 2 atom stereocenters. The molecule has 1 N–H and O–H groups in total. The molecule has 1 saturated heterocycles. The van der Waals surface area contributed by atoms with E-state index in [1.165, 1.54) is 12.0 Å². The fourth-order valence-corrected chi connectivity index (χ4v) is 3.57. The Balaban J connectivity index is 1.48. The Labute approximate surface area is 108 Å². The van der Waals surface area contributed by atoms with Gasteiger partial charge in [0, 0.05) is 12.8 Å². The standard InChI is InChI=1S/C14H22O4/c15-2-4-16-3-1-11-7-12-9-14(10-13(12)8-11)17-5-6-18-14/h7,12-13,15H,1-6,8-10H2/t12-,13+/m1/s1. The number of allylic oxidation sites excluding steroid dienone is 1. The fraction of sp³-hybridized carbons (Fsp3) is 0.857. The second kappa shape index (κ2) is 5.29. The van der Waals surface area contributed by atoms with Crippen LogP contribution in [-0.2, 0) is 14.2 Å². The molecule has 0 aromatic rings. The van der Waals surface area contributed by atoms with Crippen molar-refractivity contribution in [3.8, 4) is 0 Å². The van der Waals surface area contributed by atoms with Crippen molar-refractivity contribution in [1.29, 1.82) is 0 Å². The maximum absolute atomic E-state index is 8.64. The van der Waals surface area contributed by atoms with Crippen molar-refractivity contribution in [2.75, 3.05) is 33.0 Å². The van der Waals surface area contributed by atoms with Crippen LogP contribution >= 0.6 is 0 Å². The molecular weight excluding hydrogens is 232 g/mol. The van der Waals surface area contributed by atoms with Crippen LogP contribution in [0.15, 0.2) is 11.6 Å². The minimum Gasteiger partial charge on any atom is -0.394 e. The maximum Gasteiger partial charge on any atom is 0.169 e. The Hall–Kier alpha value is -0.420. The molecule has 102 valence electrons. The zero-order chi connectivity index (χ0) is 12.4. The Morgan fingerprint density at radius 1 is 1.28 bits per heavy atom. The van der Waals surface area contributed by atoms with E-state index in [1.807, 2.05) is 0 Å². The van der Waals surface area contributed by atoms with E-state index in [2.05, 4.69) is 6.08 Å². The summed E-state index contributed by atoms with van der Waals surface area (Å²) in [5, 5.41) is 8.64. The smallest absolute Gasteiger partial charge is 0.169 e. The predicted octanol–water partition coefficient (Wildman–Crippen LogP) is 1.48. The molecular formula is C14H22O4. The first kappa shape index (κ1) is 12.6. The van der Waals surface area contributed by atoms with Gasteiger partial charge < -0.3 is 19.3 Å². The molecule has 3 rings (SSSR count). The van der Waals surface area contributed by atoms with Gasteiger partial charge in [-0.15, -0.1) is 0 Å². The Bertz CT molecular complexity index is 320. The third-order valence-electron chi connectivity index (χ3n) is 4.32. The zero-order valence-electron chi connectivity index (χ0n) is 10.8. The third-order valence-corrected chi connectivity index (χ3v) is 4.32. The number of hydrogen-bond acceptors (Lipinski definition) is 4. The first-order valence-corrected chi connectivity index (χ1v) is 6.97. The maximum atomic E-state index is 8.64. The van der Waals surface area contributed by atoms with Gasteiger partial charge >= 0.3 is 0 Å². The summed E-state index contributed by atoms with van der Waals surface area (Å²) in [5.41, 5.74) is 1.51. The summed E-state index contributed by atoms with van der Waals surface area (Å²) in [6.07, 6.45) is 6.66. The minimum absolute atomic E-state index is 0.113. The van der Waals surface area contributed by atoms with Gasteiger partial charge in [-0.25, -0.2) is 0 Å². The third kappa shape index (κ3) is 2.48. The van der Waals surface area contributed by atoms with Gasteiger partial charge in [-0.2, -0.15) is 0 Å². The van der Waals surface area contributed by atoms with Crippen LogP contribution in [0.2, 0.25) is 0 Å². The van der Waals surface area contributed by atoms with E-state index < -0.39 is 0 Å². The van der Waals surface area contributed by atoms with Gasteiger partial charge in [-0.3, -0.25) is 0 Å². The van der Waals surface area contributed by atoms with Crippen molar-refractivity contribution in [3.63, 3.8) is 0 Å². The molecule has 0 aromatic carbocycles. The first-order chi connectivity index (χ1) is 8.81. The van der Waals surface area contributed by atoms with Gasteiger partial charge in [0.1, 0.15) is 0 Å². The number of fused-ring (bicyclic) bond motifs is 1. The molecule has 2 aliphatic carbocycles. The minimum atomic E-state index is -0.245. The van der Waals surface area contributed by atoms with Gasteiger partial charge in [-0.1, -0.05) is 11.6 Å². The van der Waals surface area contributed by atoms with E-state index in [0.29, 0.717) is 18.4 Å². The highest BCUT2D eigenvalue weighted by Crippen LogP contribution is 2.51. The summed E-state index contributed by atoms with van der Waals surface area (Å²) in [5.74, 6) is 1.09. The normalized spacial score (nSPS) is 33.1. The lowest BCUT2D eigenvalue weighted by atomic mass is 9.99. The molecule has 4 heteroatoms. The Morgan fingerprint density at radius 3 is 2.83 bits per heavy atom. The van der Waals surface area contributed by atoms with E-state index >= 15 is 0 Å². The molecule has 0 aromatic heterocycles. The first-order valence-electron chi connectivity index (χ1n) is 6.97. The van der Waals surface area contributed by atoms with Gasteiger partial charge in [0.2, 0.25) is 0 Å². The molecule has 3 aliphatic rings. The summed E-state index contributed by atoms with van der Waals surface area (Å²) in [6.45, 7) is 2.80. The lowest BCUT2D eigenvalue weighted by molar-refractivity contribution is -0.153. The van der Waals surface area contributed by atoms with E-state index in [0.717, 1.165) is 39.1 Å². The van der Waals surface area contributed by atoms with Gasteiger partial charge in [-0.05, 0) is 24.7 Å². The Kier molecular flexibility index (Phi) is 3.71. The molecule has 0 amide bonds. The van der Waals surface area contributed by atoms with Crippen LogP contribution in [0.25, 0.3) is 0 Å². The largest absolute Gasteiger partial charge is 0.394 e. The van der Waals surface area contributed by atoms with Crippen molar-refractivity contribution in [1.82, 2.24) is 0 Å². The van der Waals surface area contributed by atoms with Gasteiger partial charge in [0.25, 0.3) is 0 Å². The summed E-state index contributed by atoms with van der Waals surface area (Å²) >= 11 is 0. The zero-order valence-corrected chi connectivity index (χ0v) is 10.8. The van der Waals surface area contributed by atoms with E-state index in [1.54, 1.807) is 0 Å². The second-order valence-electron chi connectivity index (χ2n) is 5.55. The molecule has 4 nitrogen and oxygen atoms in total. The Morgan fingerprint density at radius 2 is 2.11 bits per heavy atom. The number of rotatable bonds is 5. The van der Waals surface area contributed by atoms with E-state index in [-0.39, 0.29) is 12.4 Å². The van der Waals surface area contributed by atoms with E-state index in [4.69, 9.17) is 19.3 Å². The van der Waals surface area contributed by atoms with Crippen LogP contribution in [0.3, 0.4) is 0 Å². The molecule has 1 saturated carbocycles. The quantitative estimate of drug-likeness (QED) is 0.596. The lowest BCUT2D eigenvalue weighted by Crippen LogP contribution is -2.26. The van der Waals surface area contributed by atoms with Gasteiger partial charge in [0.05, 0.1) is 33.0 Å². The highest BCUT2D eigenvalue weighted by molar-refractivity contribution is 5.18. The van der Waals surface area contributed by atoms with Crippen LogP contribution in [0.4, 0.5) is 0 Å². The van der Waals surface area contributed by atoms with Crippen molar-refractivity contribution in [3.05, 3.63) is 11.6 Å². The summed E-state index contributed by atoms with van der Waals surface area (Å²) in [7, 11) is 0. The predicted molar refractivity (Wildman–Crippen MR) is 66.1 cm³/mol. The van der Waals surface area contributed by atoms with Crippen molar-refractivity contribution >= 4 is 0 Å². The average molecular weight is 254 g/mol. The molecule has 18 heavy (non-hydrogen) atoms.